The molecule has 15 heteroatoms. The summed E-state index contributed by atoms with van der Waals surface area (Å²) in [6.45, 7) is 10.2. The molecular formula is C51H56N4O10P. The lowest BCUT2D eigenvalue weighted by molar-refractivity contribution is -0.118. The monoisotopic (exact) mass is 915 g/mol. The fourth-order valence-electron chi connectivity index (χ4n) is 7.70. The summed E-state index contributed by atoms with van der Waals surface area (Å²) >= 11 is 0. The van der Waals surface area contributed by atoms with E-state index in [0.717, 1.165) is 22.3 Å². The smallest absolute Gasteiger partial charge is 0.353 e. The summed E-state index contributed by atoms with van der Waals surface area (Å²) in [5, 5.41) is 13.2. The number of hydrogen-bond donors (Lipinski definition) is 0. The van der Waals surface area contributed by atoms with Crippen molar-refractivity contribution in [1.82, 2.24) is 14.9 Å². The van der Waals surface area contributed by atoms with E-state index >= 15 is 0 Å². The van der Waals surface area contributed by atoms with Gasteiger partial charge >= 0.3 is 12.0 Å². The molecule has 1 radical (unpaired) electrons. The van der Waals surface area contributed by atoms with E-state index < -0.39 is 50.5 Å². The first kappa shape index (κ1) is 49.3. The minimum absolute atomic E-state index is 0.00515. The van der Waals surface area contributed by atoms with Crippen LogP contribution in [-0.4, -0.2) is 92.0 Å². The predicted octanol–water partition coefficient (Wildman–Crippen LogP) is 8.80. The molecule has 0 aliphatic carbocycles. The van der Waals surface area contributed by atoms with Gasteiger partial charge in [-0.3, -0.25) is 9.69 Å². The van der Waals surface area contributed by atoms with Gasteiger partial charge in [-0.1, -0.05) is 84.1 Å². The molecule has 2 aliphatic rings. The summed E-state index contributed by atoms with van der Waals surface area (Å²) in [5.74, 6) is 5.74. The molecule has 0 N–H and O–H groups in total. The van der Waals surface area contributed by atoms with Crippen LogP contribution < -0.4 is 14.8 Å². The highest BCUT2D eigenvalue weighted by Crippen LogP contribution is 2.50. The van der Waals surface area contributed by atoms with Crippen molar-refractivity contribution in [3.63, 3.8) is 0 Å². The third-order valence-corrected chi connectivity index (χ3v) is 13.1. The molecule has 0 spiro atoms. The summed E-state index contributed by atoms with van der Waals surface area (Å²) in [5.41, 5.74) is 2.64. The Morgan fingerprint density at radius 3 is 2.05 bits per heavy atom. The van der Waals surface area contributed by atoms with E-state index in [1.807, 2.05) is 126 Å². The maximum absolute atomic E-state index is 13.6. The van der Waals surface area contributed by atoms with Crippen LogP contribution in [0.5, 0.6) is 11.5 Å². The Kier molecular flexibility index (Phi) is 17.5. The van der Waals surface area contributed by atoms with E-state index in [2.05, 4.69) is 27.9 Å². The molecule has 4 unspecified atom stereocenters. The molecule has 0 aromatic heterocycles. The summed E-state index contributed by atoms with van der Waals surface area (Å²) in [4.78, 5) is 40.4. The van der Waals surface area contributed by atoms with Crippen LogP contribution in [0.1, 0.15) is 79.6 Å². The van der Waals surface area contributed by atoms with E-state index in [1.54, 1.807) is 26.4 Å². The zero-order valence-electron chi connectivity index (χ0n) is 38.3. The number of nitriles is 1. The Bertz CT molecular complexity index is 2340. The third-order valence-electron chi connectivity index (χ3n) is 10.9. The van der Waals surface area contributed by atoms with Crippen LogP contribution in [0.2, 0.25) is 0 Å². The van der Waals surface area contributed by atoms with E-state index in [9.17, 15) is 19.6 Å². The van der Waals surface area contributed by atoms with Crippen molar-refractivity contribution >= 4 is 26.4 Å². The first-order valence-electron chi connectivity index (χ1n) is 21.8. The maximum Gasteiger partial charge on any atom is 0.353 e. The molecule has 14 nitrogen and oxygen atoms in total. The maximum atomic E-state index is 13.6. The lowest BCUT2D eigenvalue weighted by Gasteiger charge is -2.39. The van der Waals surface area contributed by atoms with Crippen LogP contribution in [0.15, 0.2) is 115 Å². The van der Waals surface area contributed by atoms with Crippen LogP contribution in [-0.2, 0) is 33.7 Å². The Labute approximate surface area is 388 Å². The quantitative estimate of drug-likeness (QED) is 0.0273. The molecule has 0 bridgehead atoms. The number of urea groups is 1. The number of methoxy groups -OCH3 is 2. The van der Waals surface area contributed by atoms with Crippen molar-refractivity contribution in [2.24, 2.45) is 0 Å². The molecule has 1 fully saturated rings. The summed E-state index contributed by atoms with van der Waals surface area (Å²) < 4.78 is 45.9. The normalized spacial score (nSPS) is 17.7. The molecule has 2 aliphatic heterocycles. The van der Waals surface area contributed by atoms with Crippen molar-refractivity contribution in [1.29, 1.82) is 5.26 Å². The second kappa shape index (κ2) is 23.4. The standard InChI is InChI=1S/C51H56N4O10P/c1-35(2)55(36(3)4)66(63-31-13-29-52)65-45-32-47(54-33-39(48(56)53-50(54)58)14-11-12-30-61-49(57)38-19-17-37(5)18-20-38)64-46(45)34-62-51(40-15-9-8-10-16-40,41-21-25-43(59-6)26-22-41)42-23-27-44(60-7)28-24-42/h8-10,15-28,33,35-36,45-47H,12-13,30-32,34H2,1-7H3. The largest absolute Gasteiger partial charge is 0.497 e. The number of carbonyl (C=O) groups excluding carboxylic acids is 3. The number of ether oxygens (including phenoxy) is 5. The lowest BCUT2D eigenvalue weighted by atomic mass is 9.80. The second-order valence-corrected chi connectivity index (χ2v) is 17.5. The number of carbonyl (C=O) groups is 3. The highest BCUT2D eigenvalue weighted by Gasteiger charge is 2.47. The molecule has 345 valence electrons. The number of aryl methyl sites for hydroxylation is 1. The Morgan fingerprint density at radius 1 is 0.864 bits per heavy atom. The Morgan fingerprint density at radius 2 is 1.47 bits per heavy atom. The van der Waals surface area contributed by atoms with Crippen molar-refractivity contribution in [3.8, 4) is 29.4 Å². The second-order valence-electron chi connectivity index (χ2n) is 16.1. The molecule has 2 heterocycles. The zero-order chi connectivity index (χ0) is 47.2. The van der Waals surface area contributed by atoms with E-state index in [0.29, 0.717) is 17.1 Å². The summed E-state index contributed by atoms with van der Waals surface area (Å²) in [6.07, 6.45) is -0.712. The van der Waals surface area contributed by atoms with Gasteiger partial charge in [0.15, 0.2) is 0 Å². The Hall–Kier alpha value is -6.09. The average molecular weight is 916 g/mol. The molecular weight excluding hydrogens is 860 g/mol. The van der Waals surface area contributed by atoms with Gasteiger partial charge in [0.2, 0.25) is 0 Å². The van der Waals surface area contributed by atoms with Gasteiger partial charge in [0.25, 0.3) is 14.4 Å². The summed E-state index contributed by atoms with van der Waals surface area (Å²) in [7, 11) is 1.46. The molecule has 0 saturated carbocycles. The van der Waals surface area contributed by atoms with E-state index in [4.69, 9.17) is 32.7 Å². The molecule has 4 aromatic carbocycles. The highest BCUT2D eigenvalue weighted by molar-refractivity contribution is 7.44. The van der Waals surface area contributed by atoms with Crippen LogP contribution in [0, 0.1) is 30.1 Å². The minimum atomic E-state index is -1.77. The molecule has 4 atom stereocenters. The SMILES string of the molecule is COc1ccc(C(OCC2OC(N3C=C(C#CCCOC(=O)c4ccc(C)cc4)C(=O)[N]C3=O)CC2OP(OCCC#N)N(C(C)C)C(C)C)(c2ccccc2)c2ccc(OC)cc2)cc1. The number of imide groups is 1. The van der Waals surface area contributed by atoms with Crippen LogP contribution in [0.4, 0.5) is 4.79 Å². The van der Waals surface area contributed by atoms with Crippen molar-refractivity contribution in [2.75, 3.05) is 34.0 Å². The predicted molar refractivity (Wildman–Crippen MR) is 248 cm³/mol. The van der Waals surface area contributed by atoms with Crippen LogP contribution >= 0.6 is 8.53 Å². The lowest BCUT2D eigenvalue weighted by Crippen LogP contribution is -2.46. The number of rotatable bonds is 20. The molecule has 6 rings (SSSR count). The van der Waals surface area contributed by atoms with Gasteiger partial charge in [-0.05, 0) is 87.7 Å². The van der Waals surface area contributed by atoms with Gasteiger partial charge < -0.3 is 32.7 Å². The first-order chi connectivity index (χ1) is 31.9. The Balaban J connectivity index is 1.34. The summed E-state index contributed by atoms with van der Waals surface area (Å²) in [6, 6.07) is 33.5. The fraction of sp³-hybridized carbons (Fsp3) is 0.373. The van der Waals surface area contributed by atoms with Crippen LogP contribution in [0.3, 0.4) is 0 Å². The molecule has 1 saturated heterocycles. The van der Waals surface area contributed by atoms with Crippen molar-refractivity contribution < 1.29 is 47.1 Å². The van der Waals surface area contributed by atoms with Gasteiger partial charge in [-0.2, -0.15) is 10.6 Å². The van der Waals surface area contributed by atoms with E-state index in [-0.39, 0.29) is 56.7 Å². The van der Waals surface area contributed by atoms with Gasteiger partial charge in [-0.15, -0.1) is 0 Å². The fourth-order valence-corrected chi connectivity index (χ4v) is 9.45. The molecule has 66 heavy (non-hydrogen) atoms. The topological polar surface area (TPSA) is 160 Å². The van der Waals surface area contributed by atoms with Crippen molar-refractivity contribution in [3.05, 3.63) is 143 Å². The van der Waals surface area contributed by atoms with Gasteiger partial charge in [-0.25, -0.2) is 14.3 Å². The molecule has 3 amide bonds. The van der Waals surface area contributed by atoms with Gasteiger partial charge in [0.05, 0.1) is 51.6 Å². The minimum Gasteiger partial charge on any atom is -0.497 e. The third kappa shape index (κ3) is 12.0. The van der Waals surface area contributed by atoms with Gasteiger partial charge in [0.1, 0.15) is 41.6 Å². The first-order valence-corrected chi connectivity index (χ1v) is 22.9. The van der Waals surface area contributed by atoms with E-state index in [1.165, 1.54) is 11.1 Å². The van der Waals surface area contributed by atoms with Crippen molar-refractivity contribution in [2.45, 2.75) is 90.0 Å². The average Bonchev–Trinajstić information content (AvgIpc) is 3.72. The number of nitrogens with zero attached hydrogens (tertiary/aromatic N) is 4. The molecule has 4 aromatic rings. The van der Waals surface area contributed by atoms with Crippen LogP contribution in [0.25, 0.3) is 0 Å². The number of benzene rings is 4. The number of esters is 1. The zero-order valence-corrected chi connectivity index (χ0v) is 39.2. The van der Waals surface area contributed by atoms with Gasteiger partial charge in [0, 0.05) is 31.1 Å². The number of hydrogen-bond acceptors (Lipinski definition) is 12. The highest BCUT2D eigenvalue weighted by atomic mass is 31.2. The number of amides is 3.